The molecule has 1 aliphatic heterocycles. The summed E-state index contributed by atoms with van der Waals surface area (Å²) in [4.78, 5) is 19.6. The van der Waals surface area contributed by atoms with Gasteiger partial charge < -0.3 is 10.1 Å². The summed E-state index contributed by atoms with van der Waals surface area (Å²) in [5.41, 5.74) is 0. The van der Waals surface area contributed by atoms with Crippen molar-refractivity contribution < 1.29 is 14.3 Å². The molecule has 0 atom stereocenters. The van der Waals surface area contributed by atoms with Gasteiger partial charge in [0.25, 0.3) is 0 Å². The summed E-state index contributed by atoms with van der Waals surface area (Å²) in [5, 5.41) is 3.28. The van der Waals surface area contributed by atoms with Gasteiger partial charge >= 0.3 is 11.9 Å². The molecule has 0 aliphatic carbocycles. The summed E-state index contributed by atoms with van der Waals surface area (Å²) >= 11 is 0. The van der Waals surface area contributed by atoms with Gasteiger partial charge in [0.1, 0.15) is 0 Å². The van der Waals surface area contributed by atoms with Crippen LogP contribution in [0.4, 0.5) is 0 Å². The van der Waals surface area contributed by atoms with Gasteiger partial charge in [-0.2, -0.15) is 0 Å². The normalized spacial score (nSPS) is 14.1. The fourth-order valence-electron chi connectivity index (χ4n) is 1.00. The van der Waals surface area contributed by atoms with Crippen molar-refractivity contribution in [3.63, 3.8) is 0 Å². The zero-order valence-electron chi connectivity index (χ0n) is 8.67. The molecule has 1 heterocycles. The van der Waals surface area contributed by atoms with Crippen LogP contribution in [0.15, 0.2) is 0 Å². The van der Waals surface area contributed by atoms with Crippen LogP contribution < -0.4 is 5.32 Å². The minimum absolute atomic E-state index is 0. The fraction of sp³-hybridized carbons (Fsp3) is 0.778. The maximum atomic E-state index is 9.81. The quantitative estimate of drug-likeness (QED) is 0.497. The lowest BCUT2D eigenvalue weighted by Crippen LogP contribution is -2.21. The van der Waals surface area contributed by atoms with Gasteiger partial charge in [0.05, 0.1) is 0 Å². The molecule has 84 valence electrons. The van der Waals surface area contributed by atoms with Crippen LogP contribution in [0.25, 0.3) is 0 Å². The van der Waals surface area contributed by atoms with Crippen molar-refractivity contribution in [1.29, 1.82) is 0 Å². The number of hydrogen-bond acceptors (Lipinski definition) is 4. The van der Waals surface area contributed by atoms with Crippen molar-refractivity contribution in [2.24, 2.45) is 0 Å². The van der Waals surface area contributed by atoms with Crippen molar-refractivity contribution in [1.82, 2.24) is 5.32 Å². The summed E-state index contributed by atoms with van der Waals surface area (Å²) < 4.78 is 3.97. The Hall–Kier alpha value is -0.610. The zero-order chi connectivity index (χ0) is 10.1. The number of carbonyl (C=O) groups is 2. The van der Waals surface area contributed by atoms with Gasteiger partial charge in [-0.15, -0.1) is 12.4 Å². The molecular weight excluding hydrogens is 206 g/mol. The molecule has 0 aromatic rings. The van der Waals surface area contributed by atoms with E-state index in [0.717, 1.165) is 0 Å². The highest BCUT2D eigenvalue weighted by atomic mass is 35.5. The molecule has 5 heteroatoms. The highest BCUT2D eigenvalue weighted by molar-refractivity contribution is 5.85. The Balaban J connectivity index is 0. The summed E-state index contributed by atoms with van der Waals surface area (Å²) in [6, 6.07) is 0. The molecule has 0 amide bonds. The lowest BCUT2D eigenvalue weighted by molar-refractivity contribution is -0.156. The first-order valence-electron chi connectivity index (χ1n) is 4.52. The molecule has 4 nitrogen and oxygen atoms in total. The molecule has 1 saturated heterocycles. The van der Waals surface area contributed by atoms with Crippen LogP contribution in [0, 0.1) is 0 Å². The topological polar surface area (TPSA) is 55.4 Å². The third-order valence-corrected chi connectivity index (χ3v) is 1.49. The average Bonchev–Trinajstić information content (AvgIpc) is 2.06. The molecule has 1 aliphatic rings. The molecule has 14 heavy (non-hydrogen) atoms. The molecular formula is C9H18ClNO3. The first-order chi connectivity index (χ1) is 6.13. The van der Waals surface area contributed by atoms with Crippen LogP contribution in [-0.2, 0) is 14.3 Å². The van der Waals surface area contributed by atoms with Gasteiger partial charge in [-0.1, -0.05) is 6.42 Å². The third-order valence-electron chi connectivity index (χ3n) is 1.49. The fourth-order valence-corrected chi connectivity index (χ4v) is 1.00. The summed E-state index contributed by atoms with van der Waals surface area (Å²) in [6.45, 7) is 4.86. The van der Waals surface area contributed by atoms with Gasteiger partial charge in [0, 0.05) is 13.8 Å². The van der Waals surface area contributed by atoms with Gasteiger partial charge in [0.2, 0.25) is 0 Å². The summed E-state index contributed by atoms with van der Waals surface area (Å²) in [6.07, 6.45) is 4.22. The van der Waals surface area contributed by atoms with Crippen LogP contribution >= 0.6 is 12.4 Å². The third kappa shape index (κ3) is 13.9. The Morgan fingerprint density at radius 2 is 1.43 bits per heavy atom. The van der Waals surface area contributed by atoms with Crippen LogP contribution in [0.2, 0.25) is 0 Å². The lowest BCUT2D eigenvalue weighted by Gasteiger charge is -2.08. The molecule has 0 saturated carbocycles. The number of halogens is 1. The number of piperidine rings is 1. The largest absolute Gasteiger partial charge is 0.394 e. The first-order valence-corrected chi connectivity index (χ1v) is 4.52. The van der Waals surface area contributed by atoms with Crippen LogP contribution in [0.3, 0.4) is 0 Å². The van der Waals surface area contributed by atoms with E-state index in [9.17, 15) is 9.59 Å². The monoisotopic (exact) mass is 223 g/mol. The first kappa shape index (κ1) is 15.8. The van der Waals surface area contributed by atoms with Gasteiger partial charge in [0.15, 0.2) is 0 Å². The molecule has 0 aromatic heterocycles. The van der Waals surface area contributed by atoms with Crippen molar-refractivity contribution in [2.45, 2.75) is 33.1 Å². The second-order valence-corrected chi connectivity index (χ2v) is 2.90. The van der Waals surface area contributed by atoms with E-state index in [1.165, 1.54) is 46.2 Å². The SMILES string of the molecule is C1CCNCC1.CC(=O)OC(C)=O.Cl. The Morgan fingerprint density at radius 3 is 1.50 bits per heavy atom. The van der Waals surface area contributed by atoms with E-state index in [4.69, 9.17) is 0 Å². The van der Waals surface area contributed by atoms with Crippen molar-refractivity contribution >= 4 is 24.3 Å². The van der Waals surface area contributed by atoms with E-state index in [0.29, 0.717) is 0 Å². The number of carbonyl (C=O) groups excluding carboxylic acids is 2. The molecule has 1 rings (SSSR count). The number of esters is 2. The lowest BCUT2D eigenvalue weighted by atomic mass is 10.2. The minimum atomic E-state index is -0.562. The van der Waals surface area contributed by atoms with E-state index in [2.05, 4.69) is 10.1 Å². The Labute approximate surface area is 90.8 Å². The predicted molar refractivity (Wildman–Crippen MR) is 56.4 cm³/mol. The van der Waals surface area contributed by atoms with E-state index in [1.54, 1.807) is 0 Å². The standard InChI is InChI=1S/C5H11N.C4H6O3.ClH/c1-2-4-6-5-3-1;1-3(5)7-4(2)6;/h6H,1-5H2;1-2H3;1H. The van der Waals surface area contributed by atoms with Gasteiger partial charge in [-0.05, 0) is 25.9 Å². The molecule has 0 bridgehead atoms. The summed E-state index contributed by atoms with van der Waals surface area (Å²) in [7, 11) is 0. The maximum Gasteiger partial charge on any atom is 0.310 e. The van der Waals surface area contributed by atoms with Crippen molar-refractivity contribution in [3.8, 4) is 0 Å². The van der Waals surface area contributed by atoms with E-state index < -0.39 is 11.9 Å². The van der Waals surface area contributed by atoms with E-state index in [-0.39, 0.29) is 12.4 Å². The van der Waals surface area contributed by atoms with Crippen molar-refractivity contribution in [2.75, 3.05) is 13.1 Å². The highest BCUT2D eigenvalue weighted by Gasteiger charge is 1.94. The Bertz CT molecular complexity index is 146. The zero-order valence-corrected chi connectivity index (χ0v) is 9.49. The van der Waals surface area contributed by atoms with Crippen LogP contribution in [-0.4, -0.2) is 25.0 Å². The van der Waals surface area contributed by atoms with Crippen molar-refractivity contribution in [3.05, 3.63) is 0 Å². The summed E-state index contributed by atoms with van der Waals surface area (Å²) in [5.74, 6) is -1.12. The number of hydrogen-bond donors (Lipinski definition) is 1. The van der Waals surface area contributed by atoms with Crippen LogP contribution in [0.1, 0.15) is 33.1 Å². The predicted octanol–water partition coefficient (Wildman–Crippen LogP) is 1.28. The number of rotatable bonds is 0. The molecule has 0 aromatic carbocycles. The Morgan fingerprint density at radius 1 is 1.00 bits per heavy atom. The van der Waals surface area contributed by atoms with E-state index >= 15 is 0 Å². The molecule has 0 spiro atoms. The molecule has 0 radical (unpaired) electrons. The maximum absolute atomic E-state index is 9.81. The number of ether oxygens (including phenoxy) is 1. The second kappa shape index (κ2) is 10.5. The molecule has 1 N–H and O–H groups in total. The Kier molecular flexibility index (Phi) is 11.9. The highest BCUT2D eigenvalue weighted by Crippen LogP contribution is 1.96. The van der Waals surface area contributed by atoms with Gasteiger partial charge in [-0.25, -0.2) is 0 Å². The molecule has 1 fully saturated rings. The second-order valence-electron chi connectivity index (χ2n) is 2.90. The smallest absolute Gasteiger partial charge is 0.310 e. The molecule has 0 unspecified atom stereocenters. The number of nitrogens with one attached hydrogen (secondary N) is 1. The van der Waals surface area contributed by atoms with E-state index in [1.807, 2.05) is 0 Å². The average molecular weight is 224 g/mol. The van der Waals surface area contributed by atoms with Crippen LogP contribution in [0.5, 0.6) is 0 Å². The minimum Gasteiger partial charge on any atom is -0.394 e. The van der Waals surface area contributed by atoms with Gasteiger partial charge in [-0.3, -0.25) is 9.59 Å².